The van der Waals surface area contributed by atoms with E-state index in [2.05, 4.69) is 28.2 Å². The van der Waals surface area contributed by atoms with Crippen molar-refractivity contribution in [2.24, 2.45) is 0 Å². The lowest BCUT2D eigenvalue weighted by molar-refractivity contribution is 0.458. The van der Waals surface area contributed by atoms with Gasteiger partial charge in [-0.05, 0) is 35.4 Å². The molecule has 0 unspecified atom stereocenters. The smallest absolute Gasteiger partial charge is 0.190 e. The van der Waals surface area contributed by atoms with Crippen molar-refractivity contribution >= 4 is 11.0 Å². The Hall–Kier alpha value is -3.76. The molecule has 0 saturated carbocycles. The molecule has 2 heterocycles. The van der Waals surface area contributed by atoms with Gasteiger partial charge < -0.3 is 10.1 Å². The average Bonchev–Trinajstić information content (AvgIpc) is 3.00. The molecule has 0 aliphatic rings. The van der Waals surface area contributed by atoms with Crippen LogP contribution >= 0.6 is 0 Å². The zero-order chi connectivity index (χ0) is 16.5. The summed E-state index contributed by atoms with van der Waals surface area (Å²) in [6.07, 6.45) is 0. The van der Waals surface area contributed by atoms with E-state index in [-0.39, 0.29) is 5.88 Å². The zero-order valence-corrected chi connectivity index (χ0v) is 12.5. The number of aromatic hydroxyl groups is 1. The molecule has 0 saturated heterocycles. The van der Waals surface area contributed by atoms with Gasteiger partial charge in [-0.2, -0.15) is 5.26 Å². The first-order valence-electron chi connectivity index (χ1n) is 7.36. The molecular formula is C20H11N3O. The fourth-order valence-corrected chi connectivity index (χ4v) is 2.69. The first-order chi connectivity index (χ1) is 11.7. The predicted octanol–water partition coefficient (Wildman–Crippen LogP) is 4.07. The molecule has 0 amide bonds. The molecule has 4 nitrogen and oxygen atoms in total. The van der Waals surface area contributed by atoms with E-state index in [0.717, 1.165) is 16.7 Å². The van der Waals surface area contributed by atoms with E-state index < -0.39 is 0 Å². The van der Waals surface area contributed by atoms with Gasteiger partial charge in [-0.3, -0.25) is 0 Å². The monoisotopic (exact) mass is 309 g/mol. The number of rotatable bonds is 2. The van der Waals surface area contributed by atoms with Gasteiger partial charge >= 0.3 is 0 Å². The second-order valence-corrected chi connectivity index (χ2v) is 5.38. The van der Waals surface area contributed by atoms with Crippen LogP contribution in [0, 0.1) is 23.5 Å². The Morgan fingerprint density at radius 2 is 1.79 bits per heavy atom. The van der Waals surface area contributed by atoms with Crippen LogP contribution in [0.4, 0.5) is 0 Å². The average molecular weight is 309 g/mol. The molecule has 2 N–H and O–H groups in total. The number of nitrogens with zero attached hydrogens (tertiary/aromatic N) is 2. The summed E-state index contributed by atoms with van der Waals surface area (Å²) in [5.41, 5.74) is 5.29. The van der Waals surface area contributed by atoms with Gasteiger partial charge in [0.05, 0.1) is 22.3 Å². The van der Waals surface area contributed by atoms with Gasteiger partial charge in [0.1, 0.15) is 6.07 Å². The van der Waals surface area contributed by atoms with Crippen LogP contribution in [-0.2, 0) is 0 Å². The van der Waals surface area contributed by atoms with E-state index in [1.807, 2.05) is 42.5 Å². The number of fused-ring (bicyclic) bond motifs is 1. The summed E-state index contributed by atoms with van der Waals surface area (Å²) in [4.78, 5) is 7.29. The summed E-state index contributed by atoms with van der Waals surface area (Å²) < 4.78 is 0. The number of aromatic amines is 1. The van der Waals surface area contributed by atoms with Crippen LogP contribution in [0.2, 0.25) is 0 Å². The van der Waals surface area contributed by atoms with Gasteiger partial charge in [-0.15, -0.1) is 0 Å². The minimum Gasteiger partial charge on any atom is -0.495 e. The molecule has 4 aromatic rings. The van der Waals surface area contributed by atoms with Crippen LogP contribution in [0.1, 0.15) is 5.56 Å². The third-order valence-corrected chi connectivity index (χ3v) is 3.86. The molecule has 0 bridgehead atoms. The molecule has 0 radical (unpaired) electrons. The lowest BCUT2D eigenvalue weighted by Gasteiger charge is -2.06. The lowest BCUT2D eigenvalue weighted by atomic mass is 10.0. The Labute approximate surface area is 138 Å². The number of hydrogen-bond acceptors (Lipinski definition) is 3. The quantitative estimate of drug-likeness (QED) is 0.586. The molecule has 0 aliphatic carbocycles. The minimum atomic E-state index is 0.0334. The van der Waals surface area contributed by atoms with Crippen molar-refractivity contribution in [1.29, 1.82) is 5.26 Å². The number of benzene rings is 1. The highest BCUT2D eigenvalue weighted by Gasteiger charge is 2.11. The Balaban J connectivity index is 1.81. The van der Waals surface area contributed by atoms with Gasteiger partial charge in [0, 0.05) is 11.6 Å². The molecule has 2 aromatic heterocycles. The van der Waals surface area contributed by atoms with Crippen molar-refractivity contribution in [3.8, 4) is 34.3 Å². The van der Waals surface area contributed by atoms with E-state index in [0.29, 0.717) is 22.3 Å². The Kier molecular flexibility index (Phi) is 3.16. The standard InChI is InChI=1S/C20H11N3O/c21-12-16-10-17-18(11-19(24)22-17)23-20(16)15-8-6-14(7-9-15)13-4-2-1-3-5-13/h2,4-11,22,24H. The molecule has 2 aromatic carbocycles. The van der Waals surface area contributed by atoms with E-state index >= 15 is 0 Å². The van der Waals surface area contributed by atoms with Crippen LogP contribution in [0.3, 0.4) is 0 Å². The molecule has 4 heteroatoms. The van der Waals surface area contributed by atoms with E-state index in [9.17, 15) is 10.4 Å². The highest BCUT2D eigenvalue weighted by molar-refractivity contribution is 5.84. The second kappa shape index (κ2) is 5.46. The van der Waals surface area contributed by atoms with Gasteiger partial charge in [0.25, 0.3) is 0 Å². The van der Waals surface area contributed by atoms with Gasteiger partial charge in [0.2, 0.25) is 0 Å². The van der Waals surface area contributed by atoms with Crippen molar-refractivity contribution in [3.63, 3.8) is 0 Å². The van der Waals surface area contributed by atoms with Crippen LogP contribution in [0.5, 0.6) is 5.88 Å². The SMILES string of the molecule is N#Cc1cc2[nH]c(O)cc2nc1-c1ccc(-c2cc#ccc2)cc1. The molecule has 0 fully saturated rings. The van der Waals surface area contributed by atoms with Crippen molar-refractivity contribution in [2.45, 2.75) is 0 Å². The van der Waals surface area contributed by atoms with E-state index in [1.165, 1.54) is 0 Å². The van der Waals surface area contributed by atoms with Crippen LogP contribution in [-0.4, -0.2) is 15.1 Å². The predicted molar refractivity (Wildman–Crippen MR) is 91.0 cm³/mol. The maximum atomic E-state index is 9.56. The van der Waals surface area contributed by atoms with Crippen LogP contribution in [0.25, 0.3) is 33.4 Å². The number of nitrogens with one attached hydrogen (secondary N) is 1. The first kappa shape index (κ1) is 13.9. The highest BCUT2D eigenvalue weighted by Crippen LogP contribution is 2.28. The second-order valence-electron chi connectivity index (χ2n) is 5.38. The highest BCUT2D eigenvalue weighted by atomic mass is 16.3. The largest absolute Gasteiger partial charge is 0.495 e. The number of aromatic nitrogens is 2. The Morgan fingerprint density at radius 3 is 2.50 bits per heavy atom. The van der Waals surface area contributed by atoms with E-state index in [1.54, 1.807) is 12.1 Å². The van der Waals surface area contributed by atoms with Crippen molar-refractivity contribution in [1.82, 2.24) is 9.97 Å². The third-order valence-electron chi connectivity index (χ3n) is 3.86. The first-order valence-corrected chi connectivity index (χ1v) is 7.36. The maximum absolute atomic E-state index is 9.56. The molecular weight excluding hydrogens is 298 g/mol. The molecule has 112 valence electrons. The Bertz CT molecular complexity index is 1060. The molecule has 24 heavy (non-hydrogen) atoms. The molecule has 0 spiro atoms. The van der Waals surface area contributed by atoms with Crippen molar-refractivity contribution < 1.29 is 5.11 Å². The fraction of sp³-hybridized carbons (Fsp3) is 0. The fourth-order valence-electron chi connectivity index (χ4n) is 2.69. The minimum absolute atomic E-state index is 0.0334. The normalized spacial score (nSPS) is 10.3. The topological polar surface area (TPSA) is 72.7 Å². The van der Waals surface area contributed by atoms with Gasteiger partial charge in [-0.1, -0.05) is 36.4 Å². The number of nitriles is 1. The number of hydrogen-bond donors (Lipinski definition) is 2. The summed E-state index contributed by atoms with van der Waals surface area (Å²) in [7, 11) is 0. The molecule has 4 rings (SSSR count). The maximum Gasteiger partial charge on any atom is 0.190 e. The van der Waals surface area contributed by atoms with Crippen LogP contribution in [0.15, 0.2) is 54.6 Å². The van der Waals surface area contributed by atoms with Gasteiger partial charge in [0.15, 0.2) is 5.88 Å². The van der Waals surface area contributed by atoms with E-state index in [4.69, 9.17) is 0 Å². The van der Waals surface area contributed by atoms with Crippen LogP contribution < -0.4 is 0 Å². The zero-order valence-electron chi connectivity index (χ0n) is 12.5. The summed E-state index contributed by atoms with van der Waals surface area (Å²) in [5, 5.41) is 19.0. The summed E-state index contributed by atoms with van der Waals surface area (Å²) in [6, 6.07) is 24.8. The van der Waals surface area contributed by atoms with Crippen molar-refractivity contribution in [3.05, 3.63) is 72.3 Å². The molecule has 0 atom stereocenters. The number of H-pyrrole nitrogens is 1. The summed E-state index contributed by atoms with van der Waals surface area (Å²) >= 11 is 0. The summed E-state index contributed by atoms with van der Waals surface area (Å²) in [5.74, 6) is 0.0334. The van der Waals surface area contributed by atoms with Gasteiger partial charge in [-0.25, -0.2) is 4.98 Å². The summed E-state index contributed by atoms with van der Waals surface area (Å²) in [6.45, 7) is 0. The number of pyridine rings is 1. The Morgan fingerprint density at radius 1 is 1.00 bits per heavy atom. The lowest BCUT2D eigenvalue weighted by Crippen LogP contribution is -1.90. The molecule has 0 aliphatic heterocycles. The third kappa shape index (κ3) is 2.33. The van der Waals surface area contributed by atoms with Crippen molar-refractivity contribution in [2.75, 3.05) is 0 Å².